The van der Waals surface area contributed by atoms with Gasteiger partial charge in [0.2, 0.25) is 0 Å². The van der Waals surface area contributed by atoms with Crippen LogP contribution in [0.3, 0.4) is 0 Å². The normalized spacial score (nSPS) is 10.8. The molecule has 0 aliphatic carbocycles. The molecule has 0 aliphatic rings. The number of carbonyl (C=O) groups excluding carboxylic acids is 1. The van der Waals surface area contributed by atoms with Crippen molar-refractivity contribution in [2.24, 2.45) is 0 Å². The first kappa shape index (κ1) is 29.7. The van der Waals surface area contributed by atoms with E-state index in [4.69, 9.17) is 18.9 Å². The summed E-state index contributed by atoms with van der Waals surface area (Å²) < 4.78 is 24.3. The fraction of sp³-hybridized carbons (Fsp3) is 0.108. The van der Waals surface area contributed by atoms with Gasteiger partial charge in [0.05, 0.1) is 11.6 Å². The zero-order chi connectivity index (χ0) is 29.9. The van der Waals surface area contributed by atoms with Gasteiger partial charge in [0, 0.05) is 11.6 Å². The van der Waals surface area contributed by atoms with E-state index in [0.29, 0.717) is 52.9 Å². The van der Waals surface area contributed by atoms with Crippen LogP contribution in [0.1, 0.15) is 32.6 Å². The number of ketones is 1. The smallest absolute Gasteiger partial charge is 0.187 e. The minimum atomic E-state index is -0.204. The molecule has 5 nitrogen and oxygen atoms in total. The molecule has 0 unspecified atom stereocenters. The van der Waals surface area contributed by atoms with Gasteiger partial charge in [-0.05, 0) is 62.5 Å². The van der Waals surface area contributed by atoms with Crippen molar-refractivity contribution in [3.63, 3.8) is 0 Å². The van der Waals surface area contributed by atoms with Gasteiger partial charge in [-0.2, -0.15) is 0 Å². The second kappa shape index (κ2) is 14.9. The molecule has 0 spiro atoms. The third-order valence-corrected chi connectivity index (χ3v) is 7.43. The monoisotopic (exact) mass is 634 g/mol. The summed E-state index contributed by atoms with van der Waals surface area (Å²) >= 11 is 3.61. The molecule has 0 saturated carbocycles. The van der Waals surface area contributed by atoms with Crippen LogP contribution in [-0.2, 0) is 19.8 Å². The van der Waals surface area contributed by atoms with Gasteiger partial charge in [-0.15, -0.1) is 0 Å². The van der Waals surface area contributed by atoms with Crippen LogP contribution in [0.4, 0.5) is 0 Å². The van der Waals surface area contributed by atoms with E-state index in [9.17, 15) is 4.79 Å². The van der Waals surface area contributed by atoms with Gasteiger partial charge >= 0.3 is 0 Å². The zero-order valence-electron chi connectivity index (χ0n) is 23.7. The van der Waals surface area contributed by atoms with E-state index in [-0.39, 0.29) is 5.78 Å². The Morgan fingerprint density at radius 3 is 1.72 bits per heavy atom. The van der Waals surface area contributed by atoms with Gasteiger partial charge in [0.25, 0.3) is 0 Å². The molecule has 0 amide bonds. The molecule has 5 rings (SSSR count). The van der Waals surface area contributed by atoms with Crippen molar-refractivity contribution in [1.82, 2.24) is 0 Å². The van der Waals surface area contributed by atoms with E-state index in [2.05, 4.69) is 15.9 Å². The Bertz CT molecular complexity index is 1670. The number of carbonyl (C=O) groups is 1. The topological polar surface area (TPSA) is 54.0 Å². The third kappa shape index (κ3) is 8.37. The quantitative estimate of drug-likeness (QED) is 0.0955. The molecule has 216 valence electrons. The number of hydrogen-bond acceptors (Lipinski definition) is 5. The standard InChI is InChI=1S/C37H31BrO5/c1-40-35-21-27(18-20-34(35)42-25-29-13-7-3-8-14-29)17-19-33(39)32-22-31(41-24-28-11-5-2-6-12-28)23-36(37(32)38)43-26-30-15-9-4-10-16-30/h2-23H,24-26H2,1H3/b19-17+. The summed E-state index contributed by atoms with van der Waals surface area (Å²) in [4.78, 5) is 13.5. The van der Waals surface area contributed by atoms with Crippen molar-refractivity contribution < 1.29 is 23.7 Å². The van der Waals surface area contributed by atoms with E-state index in [1.54, 1.807) is 25.3 Å². The van der Waals surface area contributed by atoms with Crippen LogP contribution in [0.25, 0.3) is 6.08 Å². The maximum absolute atomic E-state index is 13.5. The van der Waals surface area contributed by atoms with E-state index in [1.807, 2.05) is 109 Å². The van der Waals surface area contributed by atoms with Crippen molar-refractivity contribution >= 4 is 27.8 Å². The van der Waals surface area contributed by atoms with Gasteiger partial charge in [-0.25, -0.2) is 0 Å². The van der Waals surface area contributed by atoms with E-state index in [1.165, 1.54) is 6.08 Å². The number of benzene rings is 5. The summed E-state index contributed by atoms with van der Waals surface area (Å²) in [5, 5.41) is 0. The van der Waals surface area contributed by atoms with E-state index < -0.39 is 0 Å². The maximum atomic E-state index is 13.5. The lowest BCUT2D eigenvalue weighted by molar-refractivity contribution is 0.104. The first-order chi connectivity index (χ1) is 21.1. The average Bonchev–Trinajstić information content (AvgIpc) is 3.06. The number of rotatable bonds is 13. The summed E-state index contributed by atoms with van der Waals surface area (Å²) in [5.74, 6) is 2.06. The fourth-order valence-corrected chi connectivity index (χ4v) is 4.86. The SMILES string of the molecule is COc1cc(/C=C/C(=O)c2cc(OCc3ccccc3)cc(OCc3ccccc3)c2Br)ccc1OCc1ccccc1. The molecule has 0 bridgehead atoms. The predicted molar refractivity (Wildman–Crippen MR) is 173 cm³/mol. The highest BCUT2D eigenvalue weighted by atomic mass is 79.9. The third-order valence-electron chi connectivity index (χ3n) is 6.62. The van der Waals surface area contributed by atoms with Gasteiger partial charge in [-0.1, -0.05) is 103 Å². The van der Waals surface area contributed by atoms with Crippen molar-refractivity contribution in [2.45, 2.75) is 19.8 Å². The second-order valence-corrected chi connectivity index (χ2v) is 10.5. The van der Waals surface area contributed by atoms with E-state index in [0.717, 1.165) is 22.3 Å². The lowest BCUT2D eigenvalue weighted by Gasteiger charge is -2.14. The molecule has 0 radical (unpaired) electrons. The first-order valence-electron chi connectivity index (χ1n) is 13.8. The average molecular weight is 636 g/mol. The highest BCUT2D eigenvalue weighted by Gasteiger charge is 2.16. The molecule has 0 N–H and O–H groups in total. The molecule has 0 aliphatic heterocycles. The summed E-state index contributed by atoms with van der Waals surface area (Å²) in [6.45, 7) is 1.14. The fourth-order valence-electron chi connectivity index (χ4n) is 4.32. The number of methoxy groups -OCH3 is 1. The van der Waals surface area contributed by atoms with Crippen molar-refractivity contribution in [2.75, 3.05) is 7.11 Å². The summed E-state index contributed by atoms with van der Waals surface area (Å²) in [6.07, 6.45) is 3.28. The summed E-state index contributed by atoms with van der Waals surface area (Å²) in [7, 11) is 1.60. The molecular formula is C37H31BrO5. The highest BCUT2D eigenvalue weighted by Crippen LogP contribution is 2.35. The molecule has 6 heteroatoms. The molecule has 0 atom stereocenters. The largest absolute Gasteiger partial charge is 0.493 e. The van der Waals surface area contributed by atoms with Crippen LogP contribution in [0.2, 0.25) is 0 Å². The van der Waals surface area contributed by atoms with Crippen LogP contribution in [0.5, 0.6) is 23.0 Å². The van der Waals surface area contributed by atoms with Crippen LogP contribution in [-0.4, -0.2) is 12.9 Å². The van der Waals surface area contributed by atoms with E-state index >= 15 is 0 Å². The minimum Gasteiger partial charge on any atom is -0.493 e. The molecule has 0 heterocycles. The Morgan fingerprint density at radius 2 is 1.16 bits per heavy atom. The number of ether oxygens (including phenoxy) is 4. The predicted octanol–water partition coefficient (Wildman–Crippen LogP) is 9.09. The Hall–Kier alpha value is -4.81. The minimum absolute atomic E-state index is 0.204. The summed E-state index contributed by atoms with van der Waals surface area (Å²) in [6, 6.07) is 38.8. The van der Waals surface area contributed by atoms with Crippen LogP contribution in [0, 0.1) is 0 Å². The molecule has 5 aromatic carbocycles. The van der Waals surface area contributed by atoms with Gasteiger partial charge in [0.1, 0.15) is 31.3 Å². The molecular weight excluding hydrogens is 604 g/mol. The van der Waals surface area contributed by atoms with Gasteiger partial charge in [-0.3, -0.25) is 4.79 Å². The van der Waals surface area contributed by atoms with Gasteiger partial charge < -0.3 is 18.9 Å². The molecule has 0 aromatic heterocycles. The number of hydrogen-bond donors (Lipinski definition) is 0. The lowest BCUT2D eigenvalue weighted by atomic mass is 10.1. The summed E-state index contributed by atoms with van der Waals surface area (Å²) in [5.41, 5.74) is 4.33. The highest BCUT2D eigenvalue weighted by molar-refractivity contribution is 9.10. The van der Waals surface area contributed by atoms with Crippen molar-refractivity contribution in [3.8, 4) is 23.0 Å². The van der Waals surface area contributed by atoms with Crippen LogP contribution in [0.15, 0.2) is 132 Å². The molecule has 0 fully saturated rings. The number of halogens is 1. The molecule has 5 aromatic rings. The number of allylic oxidation sites excluding steroid dienone is 1. The Kier molecular flexibility index (Phi) is 10.3. The van der Waals surface area contributed by atoms with Gasteiger partial charge in [0.15, 0.2) is 17.3 Å². The van der Waals surface area contributed by atoms with Crippen LogP contribution < -0.4 is 18.9 Å². The Morgan fingerprint density at radius 1 is 0.628 bits per heavy atom. The lowest BCUT2D eigenvalue weighted by Crippen LogP contribution is -2.03. The maximum Gasteiger partial charge on any atom is 0.187 e. The first-order valence-corrected chi connectivity index (χ1v) is 14.6. The Balaban J connectivity index is 1.34. The molecule has 43 heavy (non-hydrogen) atoms. The Labute approximate surface area is 260 Å². The van der Waals surface area contributed by atoms with Crippen molar-refractivity contribution in [1.29, 1.82) is 0 Å². The molecule has 0 saturated heterocycles. The van der Waals surface area contributed by atoms with Crippen LogP contribution >= 0.6 is 15.9 Å². The second-order valence-electron chi connectivity index (χ2n) is 9.71. The zero-order valence-corrected chi connectivity index (χ0v) is 25.3. The van der Waals surface area contributed by atoms with Crippen molar-refractivity contribution in [3.05, 3.63) is 160 Å².